The fourth-order valence-electron chi connectivity index (χ4n) is 4.41. The molecule has 3 fully saturated rings. The number of rotatable bonds is 2. The molecule has 0 aromatic heterocycles. The molecule has 0 saturated carbocycles. The summed E-state index contributed by atoms with van der Waals surface area (Å²) in [5.74, 6) is -0.225. The number of carbonyl (C=O) groups is 3. The highest BCUT2D eigenvalue weighted by Gasteiger charge is 2.46. The Morgan fingerprint density at radius 1 is 1.00 bits per heavy atom. The first kappa shape index (κ1) is 20.5. The maximum atomic E-state index is 12.3. The molecule has 3 aliphatic heterocycles. The average molecular weight is 415 g/mol. The number of imide groups is 1. The summed E-state index contributed by atoms with van der Waals surface area (Å²) >= 11 is 0. The maximum absolute atomic E-state index is 12.3. The van der Waals surface area contributed by atoms with E-state index in [9.17, 15) is 14.4 Å². The zero-order valence-corrected chi connectivity index (χ0v) is 17.9. The second kappa shape index (κ2) is 7.49. The van der Waals surface area contributed by atoms with Crippen LogP contribution in [0.3, 0.4) is 0 Å². The molecule has 0 aliphatic carbocycles. The minimum atomic E-state index is -0.462. The minimum Gasteiger partial charge on any atom is -0.444 e. The van der Waals surface area contributed by atoms with Crippen molar-refractivity contribution >= 4 is 29.4 Å². The van der Waals surface area contributed by atoms with Crippen LogP contribution >= 0.6 is 0 Å². The smallest absolute Gasteiger partial charge is 0.410 e. The van der Waals surface area contributed by atoms with Crippen molar-refractivity contribution in [3.63, 3.8) is 0 Å². The van der Waals surface area contributed by atoms with E-state index in [0.717, 1.165) is 50.4 Å². The van der Waals surface area contributed by atoms with Crippen molar-refractivity contribution in [3.05, 3.63) is 24.3 Å². The first-order chi connectivity index (χ1) is 14.1. The second-order valence-electron chi connectivity index (χ2n) is 9.59. The number of piperidine rings is 1. The molecule has 162 valence electrons. The molecule has 0 atom stereocenters. The third-order valence-corrected chi connectivity index (χ3v) is 6.11. The quantitative estimate of drug-likeness (QED) is 0.805. The van der Waals surface area contributed by atoms with Gasteiger partial charge in [0.05, 0.1) is 0 Å². The lowest BCUT2D eigenvalue weighted by Crippen LogP contribution is -2.61. The van der Waals surface area contributed by atoms with Gasteiger partial charge in [-0.15, -0.1) is 0 Å². The van der Waals surface area contributed by atoms with Crippen molar-refractivity contribution in [1.29, 1.82) is 0 Å². The van der Waals surface area contributed by atoms with Gasteiger partial charge in [0, 0.05) is 55.9 Å². The molecule has 4 amide bonds. The molecule has 3 heterocycles. The van der Waals surface area contributed by atoms with Crippen LogP contribution in [0.4, 0.5) is 21.0 Å². The molecule has 1 aromatic carbocycles. The second-order valence-corrected chi connectivity index (χ2v) is 9.59. The number of likely N-dealkylation sites (tertiary alicyclic amines) is 1. The van der Waals surface area contributed by atoms with Gasteiger partial charge in [-0.25, -0.2) is 9.59 Å². The first-order valence-electron chi connectivity index (χ1n) is 10.6. The minimum absolute atomic E-state index is 0.215. The van der Waals surface area contributed by atoms with Crippen molar-refractivity contribution in [2.45, 2.75) is 45.6 Å². The molecule has 0 radical (unpaired) electrons. The molecule has 0 unspecified atom stereocenters. The standard InChI is InChI=1S/C22H30N4O4/c1-21(2,3)30-20(29)24-12-9-22(10-13-24)14-25(15-22)16-4-6-17(7-5-16)26-11-8-18(27)23-19(26)28/h4-7H,8-15H2,1-3H3,(H,23,27,28). The van der Waals surface area contributed by atoms with E-state index in [1.807, 2.05) is 49.9 Å². The van der Waals surface area contributed by atoms with Gasteiger partial charge in [0.1, 0.15) is 5.60 Å². The highest BCUT2D eigenvalue weighted by molar-refractivity contribution is 6.05. The fraction of sp³-hybridized carbons (Fsp3) is 0.591. The van der Waals surface area contributed by atoms with E-state index >= 15 is 0 Å². The van der Waals surface area contributed by atoms with Gasteiger partial charge < -0.3 is 14.5 Å². The van der Waals surface area contributed by atoms with Gasteiger partial charge in [-0.1, -0.05) is 0 Å². The number of anilines is 2. The van der Waals surface area contributed by atoms with Gasteiger partial charge >= 0.3 is 12.1 Å². The molecule has 1 spiro atoms. The highest BCUT2D eigenvalue weighted by Crippen LogP contribution is 2.43. The van der Waals surface area contributed by atoms with Crippen molar-refractivity contribution in [2.75, 3.05) is 42.5 Å². The molecule has 3 aliphatic rings. The van der Waals surface area contributed by atoms with Gasteiger partial charge in [-0.3, -0.25) is 15.0 Å². The molecule has 30 heavy (non-hydrogen) atoms. The van der Waals surface area contributed by atoms with Gasteiger partial charge in [0.25, 0.3) is 0 Å². The van der Waals surface area contributed by atoms with E-state index in [2.05, 4.69) is 10.2 Å². The summed E-state index contributed by atoms with van der Waals surface area (Å²) in [5, 5.41) is 2.35. The summed E-state index contributed by atoms with van der Waals surface area (Å²) in [6, 6.07) is 7.56. The molecule has 1 aromatic rings. The predicted octanol–water partition coefficient (Wildman–Crippen LogP) is 2.97. The third kappa shape index (κ3) is 4.22. The zero-order valence-electron chi connectivity index (χ0n) is 17.9. The Balaban J connectivity index is 1.29. The van der Waals surface area contributed by atoms with Gasteiger partial charge in [0.15, 0.2) is 0 Å². The Bertz CT molecular complexity index is 830. The van der Waals surface area contributed by atoms with E-state index in [4.69, 9.17) is 4.74 Å². The Hall–Kier alpha value is -2.77. The number of benzene rings is 1. The summed E-state index contributed by atoms with van der Waals surface area (Å²) in [6.45, 7) is 9.52. The Morgan fingerprint density at radius 3 is 2.17 bits per heavy atom. The molecule has 8 nitrogen and oxygen atoms in total. The van der Waals surface area contributed by atoms with E-state index in [0.29, 0.717) is 13.0 Å². The number of nitrogens with zero attached hydrogens (tertiary/aromatic N) is 3. The van der Waals surface area contributed by atoms with Crippen LogP contribution in [-0.2, 0) is 9.53 Å². The Morgan fingerprint density at radius 2 is 1.60 bits per heavy atom. The Labute approximate surface area is 177 Å². The Kier molecular flexibility index (Phi) is 5.11. The summed E-state index contributed by atoms with van der Waals surface area (Å²) < 4.78 is 5.49. The summed E-state index contributed by atoms with van der Waals surface area (Å²) in [7, 11) is 0. The van der Waals surface area contributed by atoms with E-state index in [1.54, 1.807) is 4.90 Å². The summed E-state index contributed by atoms with van der Waals surface area (Å²) in [6.07, 6.45) is 2.08. The van der Waals surface area contributed by atoms with Crippen LogP contribution in [0.5, 0.6) is 0 Å². The topological polar surface area (TPSA) is 82.2 Å². The largest absolute Gasteiger partial charge is 0.444 e. The average Bonchev–Trinajstić information content (AvgIpc) is 2.65. The molecular weight excluding hydrogens is 384 g/mol. The normalized spacial score (nSPS) is 21.4. The van der Waals surface area contributed by atoms with Crippen LogP contribution in [-0.4, -0.2) is 61.3 Å². The number of nitrogens with one attached hydrogen (secondary N) is 1. The monoisotopic (exact) mass is 414 g/mol. The fourth-order valence-corrected chi connectivity index (χ4v) is 4.41. The van der Waals surface area contributed by atoms with Gasteiger partial charge in [0.2, 0.25) is 5.91 Å². The molecule has 4 rings (SSSR count). The molecule has 8 heteroatoms. The van der Waals surface area contributed by atoms with Crippen LogP contribution in [0.15, 0.2) is 24.3 Å². The zero-order chi connectivity index (χ0) is 21.5. The van der Waals surface area contributed by atoms with Crippen molar-refractivity contribution < 1.29 is 19.1 Å². The predicted molar refractivity (Wildman–Crippen MR) is 114 cm³/mol. The number of hydrogen-bond acceptors (Lipinski definition) is 5. The lowest BCUT2D eigenvalue weighted by molar-refractivity contribution is -0.120. The number of urea groups is 1. The molecular formula is C22H30N4O4. The summed E-state index contributed by atoms with van der Waals surface area (Å²) in [4.78, 5) is 41.3. The number of ether oxygens (including phenoxy) is 1. The van der Waals surface area contributed by atoms with Crippen molar-refractivity contribution in [1.82, 2.24) is 10.2 Å². The summed E-state index contributed by atoms with van der Waals surface area (Å²) in [5.41, 5.74) is 1.73. The van der Waals surface area contributed by atoms with Gasteiger partial charge in [-0.05, 0) is 57.9 Å². The first-order valence-corrected chi connectivity index (χ1v) is 10.6. The molecule has 0 bridgehead atoms. The van der Waals surface area contributed by atoms with Crippen LogP contribution in [0.1, 0.15) is 40.0 Å². The van der Waals surface area contributed by atoms with E-state index in [1.165, 1.54) is 0 Å². The maximum Gasteiger partial charge on any atom is 0.410 e. The lowest BCUT2D eigenvalue weighted by Gasteiger charge is -2.55. The van der Waals surface area contributed by atoms with Crippen LogP contribution in [0.25, 0.3) is 0 Å². The van der Waals surface area contributed by atoms with Crippen molar-refractivity contribution in [3.8, 4) is 0 Å². The third-order valence-electron chi connectivity index (χ3n) is 6.11. The number of carbonyl (C=O) groups excluding carboxylic acids is 3. The van der Waals surface area contributed by atoms with Crippen LogP contribution < -0.4 is 15.1 Å². The van der Waals surface area contributed by atoms with Crippen molar-refractivity contribution in [2.24, 2.45) is 5.41 Å². The number of hydrogen-bond donors (Lipinski definition) is 1. The van der Waals surface area contributed by atoms with Gasteiger partial charge in [-0.2, -0.15) is 0 Å². The molecule has 3 saturated heterocycles. The van der Waals surface area contributed by atoms with Crippen LogP contribution in [0.2, 0.25) is 0 Å². The van der Waals surface area contributed by atoms with E-state index in [-0.39, 0.29) is 23.4 Å². The molecule has 1 N–H and O–H groups in total. The van der Waals surface area contributed by atoms with Crippen LogP contribution in [0, 0.1) is 5.41 Å². The SMILES string of the molecule is CC(C)(C)OC(=O)N1CCC2(CC1)CN(c1ccc(N3CCC(=O)NC3=O)cc1)C2. The number of amides is 4. The lowest BCUT2D eigenvalue weighted by atomic mass is 9.72. The highest BCUT2D eigenvalue weighted by atomic mass is 16.6. The van der Waals surface area contributed by atoms with E-state index < -0.39 is 5.60 Å².